The Hall–Kier alpha value is -2.89. The number of hydrogen-bond acceptors (Lipinski definition) is 3. The number of anilines is 1. The van der Waals surface area contributed by atoms with Gasteiger partial charge in [-0.2, -0.15) is 5.10 Å². The lowest BCUT2D eigenvalue weighted by Gasteiger charge is -2.07. The molecule has 0 unspecified atom stereocenters. The van der Waals surface area contributed by atoms with Crippen LogP contribution in [0.15, 0.2) is 42.5 Å². The van der Waals surface area contributed by atoms with Gasteiger partial charge in [-0.1, -0.05) is 12.1 Å². The lowest BCUT2D eigenvalue weighted by molar-refractivity contribution is 0.414. The van der Waals surface area contributed by atoms with Crippen LogP contribution in [0, 0.1) is 11.6 Å². The van der Waals surface area contributed by atoms with E-state index in [1.54, 1.807) is 7.11 Å². The molecule has 0 atom stereocenters. The molecule has 0 fully saturated rings. The predicted octanol–water partition coefficient (Wildman–Crippen LogP) is 3.72. The molecular formula is C19H17F2N3O. The number of hydrogen-bond donors (Lipinski definition) is 1. The molecule has 0 amide bonds. The number of rotatable bonds is 4. The average molecular weight is 341 g/mol. The van der Waals surface area contributed by atoms with Gasteiger partial charge in [0.15, 0.2) is 5.82 Å². The topological polar surface area (TPSA) is 39.1 Å². The minimum Gasteiger partial charge on any atom is -0.497 e. The van der Waals surface area contributed by atoms with Gasteiger partial charge >= 0.3 is 0 Å². The van der Waals surface area contributed by atoms with Crippen LogP contribution in [0.1, 0.15) is 16.8 Å². The van der Waals surface area contributed by atoms with Gasteiger partial charge in [-0.05, 0) is 36.2 Å². The third-order valence-corrected chi connectivity index (χ3v) is 4.38. The Morgan fingerprint density at radius 3 is 2.88 bits per heavy atom. The molecule has 4 nitrogen and oxygen atoms in total. The summed E-state index contributed by atoms with van der Waals surface area (Å²) in [4.78, 5) is 0. The highest BCUT2D eigenvalue weighted by Gasteiger charge is 2.24. The van der Waals surface area contributed by atoms with E-state index in [9.17, 15) is 8.78 Å². The molecule has 25 heavy (non-hydrogen) atoms. The van der Waals surface area contributed by atoms with Crippen LogP contribution in [0.25, 0.3) is 5.69 Å². The number of nitrogens with zero attached hydrogens (tertiary/aromatic N) is 2. The molecule has 1 aromatic heterocycles. The zero-order valence-electron chi connectivity index (χ0n) is 13.7. The summed E-state index contributed by atoms with van der Waals surface area (Å²) >= 11 is 0. The quantitative estimate of drug-likeness (QED) is 0.786. The summed E-state index contributed by atoms with van der Waals surface area (Å²) in [5.41, 5.74) is 3.27. The maximum atomic E-state index is 14.2. The molecular weight excluding hydrogens is 324 g/mol. The maximum Gasteiger partial charge on any atom is 0.151 e. The Labute approximate surface area is 144 Å². The van der Waals surface area contributed by atoms with Gasteiger partial charge in [-0.3, -0.25) is 0 Å². The highest BCUT2D eigenvalue weighted by atomic mass is 19.1. The minimum atomic E-state index is -0.632. The van der Waals surface area contributed by atoms with Gasteiger partial charge in [0.25, 0.3) is 0 Å². The minimum absolute atomic E-state index is 0.240. The van der Waals surface area contributed by atoms with Crippen LogP contribution in [-0.4, -0.2) is 23.4 Å². The second-order valence-electron chi connectivity index (χ2n) is 5.99. The van der Waals surface area contributed by atoms with E-state index >= 15 is 0 Å². The predicted molar refractivity (Wildman–Crippen MR) is 91.5 cm³/mol. The number of methoxy groups -OCH3 is 1. The number of nitrogens with one attached hydrogen (secondary N) is 1. The van der Waals surface area contributed by atoms with E-state index < -0.39 is 11.6 Å². The molecule has 0 aliphatic carbocycles. The van der Waals surface area contributed by atoms with E-state index in [1.165, 1.54) is 16.8 Å². The van der Waals surface area contributed by atoms with Crippen LogP contribution in [0.3, 0.4) is 0 Å². The van der Waals surface area contributed by atoms with Crippen molar-refractivity contribution in [3.63, 3.8) is 0 Å². The molecule has 1 N–H and O–H groups in total. The standard InChI is InChI=1S/C19H17F2N3O/c1-25-14-4-2-3-12(9-14)10-17-15-7-8-22-19(15)24(23-17)18-6-5-13(20)11-16(18)21/h2-6,9,11,22H,7-8,10H2,1H3. The van der Waals surface area contributed by atoms with Crippen molar-refractivity contribution < 1.29 is 13.5 Å². The lowest BCUT2D eigenvalue weighted by Crippen LogP contribution is -2.07. The Morgan fingerprint density at radius 1 is 1.20 bits per heavy atom. The highest BCUT2D eigenvalue weighted by Crippen LogP contribution is 2.31. The fourth-order valence-electron chi connectivity index (χ4n) is 3.19. The van der Waals surface area contributed by atoms with E-state index in [0.717, 1.165) is 47.4 Å². The molecule has 0 bridgehead atoms. The highest BCUT2D eigenvalue weighted by molar-refractivity contribution is 5.58. The third-order valence-electron chi connectivity index (χ3n) is 4.38. The molecule has 1 aliphatic heterocycles. The smallest absolute Gasteiger partial charge is 0.151 e. The number of aromatic nitrogens is 2. The molecule has 128 valence electrons. The zero-order chi connectivity index (χ0) is 17.4. The first kappa shape index (κ1) is 15.6. The Morgan fingerprint density at radius 2 is 2.08 bits per heavy atom. The first-order chi connectivity index (χ1) is 12.2. The van der Waals surface area contributed by atoms with E-state index in [1.807, 2.05) is 24.3 Å². The van der Waals surface area contributed by atoms with Crippen LogP contribution >= 0.6 is 0 Å². The normalized spacial score (nSPS) is 12.8. The fourth-order valence-corrected chi connectivity index (χ4v) is 3.19. The monoisotopic (exact) mass is 341 g/mol. The van der Waals surface area contributed by atoms with E-state index in [4.69, 9.17) is 4.74 Å². The van der Waals surface area contributed by atoms with E-state index in [-0.39, 0.29) is 5.69 Å². The van der Waals surface area contributed by atoms with Gasteiger partial charge in [-0.15, -0.1) is 0 Å². The number of benzene rings is 2. The molecule has 4 rings (SSSR count). The van der Waals surface area contributed by atoms with Crippen molar-refractivity contribution in [1.82, 2.24) is 9.78 Å². The van der Waals surface area contributed by atoms with Crippen LogP contribution in [0.2, 0.25) is 0 Å². The molecule has 0 saturated carbocycles. The third kappa shape index (κ3) is 2.84. The molecule has 2 aromatic carbocycles. The van der Waals surface area contributed by atoms with Crippen molar-refractivity contribution in [2.45, 2.75) is 12.8 Å². The molecule has 0 saturated heterocycles. The summed E-state index contributed by atoms with van der Waals surface area (Å²) in [6.07, 6.45) is 1.45. The first-order valence-electron chi connectivity index (χ1n) is 8.08. The summed E-state index contributed by atoms with van der Waals surface area (Å²) in [5, 5.41) is 7.85. The molecule has 2 heterocycles. The number of fused-ring (bicyclic) bond motifs is 1. The van der Waals surface area contributed by atoms with Crippen molar-refractivity contribution in [3.05, 3.63) is 70.9 Å². The van der Waals surface area contributed by atoms with Gasteiger partial charge in [0.1, 0.15) is 23.1 Å². The summed E-state index contributed by atoms with van der Waals surface area (Å²) in [6, 6.07) is 11.3. The Bertz CT molecular complexity index is 936. The average Bonchev–Trinajstić information content (AvgIpc) is 3.20. The zero-order valence-corrected chi connectivity index (χ0v) is 13.7. The molecule has 1 aliphatic rings. The number of halogens is 2. The van der Waals surface area contributed by atoms with E-state index in [2.05, 4.69) is 10.4 Å². The number of ether oxygens (including phenoxy) is 1. The SMILES string of the molecule is COc1cccc(Cc2nn(-c3ccc(F)cc3F)c3c2CCN3)c1. The Kier molecular flexibility index (Phi) is 3.87. The van der Waals surface area contributed by atoms with Gasteiger partial charge < -0.3 is 10.1 Å². The fraction of sp³-hybridized carbons (Fsp3) is 0.211. The van der Waals surface area contributed by atoms with Gasteiger partial charge in [0, 0.05) is 24.6 Å². The summed E-state index contributed by atoms with van der Waals surface area (Å²) < 4.78 is 34.2. The van der Waals surface area contributed by atoms with Crippen molar-refractivity contribution in [3.8, 4) is 11.4 Å². The van der Waals surface area contributed by atoms with Crippen LogP contribution in [0.4, 0.5) is 14.6 Å². The van der Waals surface area contributed by atoms with E-state index in [0.29, 0.717) is 6.42 Å². The molecule has 0 radical (unpaired) electrons. The Balaban J connectivity index is 1.75. The van der Waals surface area contributed by atoms with Crippen LogP contribution in [0.5, 0.6) is 5.75 Å². The molecule has 3 aromatic rings. The van der Waals surface area contributed by atoms with Gasteiger partial charge in [0.2, 0.25) is 0 Å². The summed E-state index contributed by atoms with van der Waals surface area (Å²) in [6.45, 7) is 0.779. The second kappa shape index (κ2) is 6.20. The first-order valence-corrected chi connectivity index (χ1v) is 8.08. The van der Waals surface area contributed by atoms with Crippen LogP contribution in [-0.2, 0) is 12.8 Å². The molecule has 0 spiro atoms. The van der Waals surface area contributed by atoms with Crippen molar-refractivity contribution in [2.24, 2.45) is 0 Å². The molecule has 6 heteroatoms. The summed E-state index contributed by atoms with van der Waals surface area (Å²) in [7, 11) is 1.63. The van der Waals surface area contributed by atoms with Crippen molar-refractivity contribution in [1.29, 1.82) is 0 Å². The van der Waals surface area contributed by atoms with Gasteiger partial charge in [-0.25, -0.2) is 13.5 Å². The van der Waals surface area contributed by atoms with Crippen LogP contribution < -0.4 is 10.1 Å². The second-order valence-corrected chi connectivity index (χ2v) is 5.99. The maximum absolute atomic E-state index is 14.2. The van der Waals surface area contributed by atoms with Crippen molar-refractivity contribution in [2.75, 3.05) is 19.0 Å². The van der Waals surface area contributed by atoms with Gasteiger partial charge in [0.05, 0.1) is 12.8 Å². The van der Waals surface area contributed by atoms with Crippen molar-refractivity contribution >= 4 is 5.82 Å². The summed E-state index contributed by atoms with van der Waals surface area (Å²) in [5.74, 6) is 0.334. The lowest BCUT2D eigenvalue weighted by atomic mass is 10.1. The largest absolute Gasteiger partial charge is 0.497 e.